The Balaban J connectivity index is 1.66. The second kappa shape index (κ2) is 6.16. The minimum atomic E-state index is 0.116. The maximum absolute atomic E-state index is 12.2. The van der Waals surface area contributed by atoms with Gasteiger partial charge in [0.2, 0.25) is 12.7 Å². The van der Waals surface area contributed by atoms with Gasteiger partial charge in [0.15, 0.2) is 11.5 Å². The fourth-order valence-corrected chi connectivity index (χ4v) is 2.89. The van der Waals surface area contributed by atoms with Gasteiger partial charge < -0.3 is 19.7 Å². The van der Waals surface area contributed by atoms with E-state index in [1.54, 1.807) is 0 Å². The predicted octanol–water partition coefficient (Wildman–Crippen LogP) is 2.18. The second-order valence-electron chi connectivity index (χ2n) is 6.46. The van der Waals surface area contributed by atoms with E-state index in [0.29, 0.717) is 12.5 Å². The van der Waals surface area contributed by atoms with Crippen LogP contribution in [0.1, 0.15) is 31.4 Å². The Bertz CT molecular complexity index is 555. The van der Waals surface area contributed by atoms with Crippen LogP contribution in [0.2, 0.25) is 0 Å². The number of nitrogens with zero attached hydrogens (tertiary/aromatic N) is 1. The molecule has 0 aromatic heterocycles. The van der Waals surface area contributed by atoms with Crippen molar-refractivity contribution in [1.29, 1.82) is 0 Å². The molecule has 120 valence electrons. The molecule has 2 atom stereocenters. The molecule has 0 spiro atoms. The SMILES string of the molecule is CC(C(=O)NCC(c1ccc2c(c1)OCO2)N(C)C)C1CC1. The van der Waals surface area contributed by atoms with Crippen LogP contribution < -0.4 is 14.8 Å². The van der Waals surface area contributed by atoms with E-state index in [4.69, 9.17) is 9.47 Å². The first kappa shape index (κ1) is 15.2. The van der Waals surface area contributed by atoms with Crippen molar-refractivity contribution in [2.24, 2.45) is 11.8 Å². The zero-order valence-corrected chi connectivity index (χ0v) is 13.5. The van der Waals surface area contributed by atoms with E-state index in [0.717, 1.165) is 17.1 Å². The summed E-state index contributed by atoms with van der Waals surface area (Å²) in [4.78, 5) is 14.3. The molecule has 1 heterocycles. The number of fused-ring (bicyclic) bond motifs is 1. The lowest BCUT2D eigenvalue weighted by Gasteiger charge is -2.26. The number of carbonyl (C=O) groups is 1. The van der Waals surface area contributed by atoms with E-state index in [1.165, 1.54) is 12.8 Å². The van der Waals surface area contributed by atoms with Gasteiger partial charge in [-0.15, -0.1) is 0 Å². The van der Waals surface area contributed by atoms with Crippen LogP contribution in [0, 0.1) is 11.8 Å². The molecule has 1 amide bonds. The van der Waals surface area contributed by atoms with Gasteiger partial charge in [0, 0.05) is 12.5 Å². The molecule has 2 unspecified atom stereocenters. The van der Waals surface area contributed by atoms with E-state index in [2.05, 4.69) is 10.2 Å². The summed E-state index contributed by atoms with van der Waals surface area (Å²) in [5.74, 6) is 2.44. The Morgan fingerprint density at radius 1 is 1.32 bits per heavy atom. The van der Waals surface area contributed by atoms with Gasteiger partial charge in [0.05, 0.1) is 6.04 Å². The summed E-state index contributed by atoms with van der Waals surface area (Å²) < 4.78 is 10.8. The van der Waals surface area contributed by atoms with Crippen molar-refractivity contribution >= 4 is 5.91 Å². The number of benzene rings is 1. The molecule has 5 heteroatoms. The summed E-state index contributed by atoms with van der Waals surface area (Å²) in [6.07, 6.45) is 2.38. The maximum Gasteiger partial charge on any atom is 0.231 e. The highest BCUT2D eigenvalue weighted by Crippen LogP contribution is 2.37. The van der Waals surface area contributed by atoms with Crippen molar-refractivity contribution in [3.05, 3.63) is 23.8 Å². The lowest BCUT2D eigenvalue weighted by molar-refractivity contribution is -0.125. The molecule has 1 aromatic carbocycles. The number of hydrogen-bond donors (Lipinski definition) is 1. The summed E-state index contributed by atoms with van der Waals surface area (Å²) in [6.45, 7) is 2.90. The highest BCUT2D eigenvalue weighted by molar-refractivity contribution is 5.78. The Kier molecular flexibility index (Phi) is 4.25. The van der Waals surface area contributed by atoms with E-state index in [-0.39, 0.29) is 24.7 Å². The largest absolute Gasteiger partial charge is 0.454 e. The topological polar surface area (TPSA) is 50.8 Å². The van der Waals surface area contributed by atoms with Crippen LogP contribution in [-0.2, 0) is 4.79 Å². The normalized spacial score (nSPS) is 19.1. The van der Waals surface area contributed by atoms with Gasteiger partial charge in [0.1, 0.15) is 0 Å². The standard InChI is InChI=1S/C17H24N2O3/c1-11(12-4-5-12)17(20)18-9-14(19(2)3)13-6-7-15-16(8-13)22-10-21-15/h6-8,11-12,14H,4-5,9-10H2,1-3H3,(H,18,20). The number of nitrogens with one attached hydrogen (secondary N) is 1. The number of carbonyl (C=O) groups excluding carboxylic acids is 1. The molecular formula is C17H24N2O3. The van der Waals surface area contributed by atoms with Gasteiger partial charge in [0.25, 0.3) is 0 Å². The number of hydrogen-bond acceptors (Lipinski definition) is 4. The van der Waals surface area contributed by atoms with Crippen LogP contribution in [0.15, 0.2) is 18.2 Å². The molecular weight excluding hydrogens is 280 g/mol. The summed E-state index contributed by atoms with van der Waals surface area (Å²) >= 11 is 0. The maximum atomic E-state index is 12.2. The minimum absolute atomic E-state index is 0.116. The van der Waals surface area contributed by atoms with Crippen molar-refractivity contribution in [2.75, 3.05) is 27.4 Å². The zero-order chi connectivity index (χ0) is 15.7. The molecule has 0 bridgehead atoms. The van der Waals surface area contributed by atoms with Gasteiger partial charge >= 0.3 is 0 Å². The van der Waals surface area contributed by atoms with Gasteiger partial charge in [-0.2, -0.15) is 0 Å². The monoisotopic (exact) mass is 304 g/mol. The Hall–Kier alpha value is -1.75. The first-order valence-corrected chi connectivity index (χ1v) is 7.90. The van der Waals surface area contributed by atoms with Crippen molar-refractivity contribution in [3.63, 3.8) is 0 Å². The van der Waals surface area contributed by atoms with Gasteiger partial charge in [-0.25, -0.2) is 0 Å². The molecule has 1 aliphatic heterocycles. The Morgan fingerprint density at radius 2 is 2.05 bits per heavy atom. The molecule has 2 aliphatic rings. The van der Waals surface area contributed by atoms with Crippen molar-refractivity contribution < 1.29 is 14.3 Å². The fraction of sp³-hybridized carbons (Fsp3) is 0.588. The van der Waals surface area contributed by atoms with Crippen LogP contribution in [-0.4, -0.2) is 38.2 Å². The van der Waals surface area contributed by atoms with E-state index >= 15 is 0 Å². The third-order valence-electron chi connectivity index (χ3n) is 4.62. The molecule has 22 heavy (non-hydrogen) atoms. The van der Waals surface area contributed by atoms with Crippen molar-refractivity contribution in [1.82, 2.24) is 10.2 Å². The first-order valence-electron chi connectivity index (χ1n) is 7.90. The average Bonchev–Trinajstić information content (AvgIpc) is 3.24. The summed E-state index contributed by atoms with van der Waals surface area (Å²) in [7, 11) is 4.04. The van der Waals surface area contributed by atoms with Crippen molar-refractivity contribution in [3.8, 4) is 11.5 Å². The first-order chi connectivity index (χ1) is 10.6. The molecule has 1 fully saturated rings. The number of likely N-dealkylation sites (N-methyl/N-ethyl adjacent to an activating group) is 1. The highest BCUT2D eigenvalue weighted by atomic mass is 16.7. The smallest absolute Gasteiger partial charge is 0.231 e. The van der Waals surface area contributed by atoms with E-state index in [1.807, 2.05) is 39.2 Å². The molecule has 0 saturated heterocycles. The van der Waals surface area contributed by atoms with Crippen LogP contribution in [0.4, 0.5) is 0 Å². The van der Waals surface area contributed by atoms with Crippen LogP contribution in [0.25, 0.3) is 0 Å². The van der Waals surface area contributed by atoms with Crippen LogP contribution >= 0.6 is 0 Å². The Labute approximate surface area is 131 Å². The fourth-order valence-electron chi connectivity index (χ4n) is 2.89. The van der Waals surface area contributed by atoms with Gasteiger partial charge in [-0.05, 0) is 50.6 Å². The molecule has 1 saturated carbocycles. The summed E-state index contributed by atoms with van der Waals surface area (Å²) in [5, 5.41) is 3.10. The molecule has 1 aromatic rings. The third kappa shape index (κ3) is 3.19. The van der Waals surface area contributed by atoms with E-state index < -0.39 is 0 Å². The molecule has 0 radical (unpaired) electrons. The minimum Gasteiger partial charge on any atom is -0.454 e. The van der Waals surface area contributed by atoms with Gasteiger partial charge in [-0.1, -0.05) is 13.0 Å². The second-order valence-corrected chi connectivity index (χ2v) is 6.46. The van der Waals surface area contributed by atoms with Crippen LogP contribution in [0.3, 0.4) is 0 Å². The van der Waals surface area contributed by atoms with Crippen molar-refractivity contribution in [2.45, 2.75) is 25.8 Å². The number of ether oxygens (including phenoxy) is 2. The predicted molar refractivity (Wildman–Crippen MR) is 83.9 cm³/mol. The lowest BCUT2D eigenvalue weighted by atomic mass is 10.0. The molecule has 1 N–H and O–H groups in total. The molecule has 5 nitrogen and oxygen atoms in total. The van der Waals surface area contributed by atoms with E-state index in [9.17, 15) is 4.79 Å². The lowest BCUT2D eigenvalue weighted by Crippen LogP contribution is -2.37. The zero-order valence-electron chi connectivity index (χ0n) is 13.5. The summed E-state index contributed by atoms with van der Waals surface area (Å²) in [6, 6.07) is 6.09. The number of rotatable bonds is 6. The number of amides is 1. The summed E-state index contributed by atoms with van der Waals surface area (Å²) in [5.41, 5.74) is 1.12. The Morgan fingerprint density at radius 3 is 2.73 bits per heavy atom. The quantitative estimate of drug-likeness (QED) is 0.875. The van der Waals surface area contributed by atoms with Gasteiger partial charge in [-0.3, -0.25) is 4.79 Å². The average molecular weight is 304 g/mol. The highest BCUT2D eigenvalue weighted by Gasteiger charge is 2.32. The third-order valence-corrected chi connectivity index (χ3v) is 4.62. The molecule has 3 rings (SSSR count). The molecule has 1 aliphatic carbocycles. The van der Waals surface area contributed by atoms with Crippen LogP contribution in [0.5, 0.6) is 11.5 Å².